The first kappa shape index (κ1) is 12.6. The molecule has 0 radical (unpaired) electrons. The Balaban J connectivity index is 2.74. The zero-order valence-corrected chi connectivity index (χ0v) is 10.1. The Morgan fingerprint density at radius 3 is 2.69 bits per heavy atom. The highest BCUT2D eigenvalue weighted by molar-refractivity contribution is 5.92. The molecule has 1 rings (SSSR count). The fourth-order valence-corrected chi connectivity index (χ4v) is 1.37. The van der Waals surface area contributed by atoms with E-state index in [2.05, 4.69) is 5.32 Å². The first-order valence-electron chi connectivity index (χ1n) is 5.69. The SMILES string of the molecule is CCCC(=O)Nc1ccccc1OC(C)C. The monoisotopic (exact) mass is 221 g/mol. The third-order valence-corrected chi connectivity index (χ3v) is 2.00. The second kappa shape index (κ2) is 6.16. The lowest BCUT2D eigenvalue weighted by atomic mass is 10.2. The van der Waals surface area contributed by atoms with E-state index in [-0.39, 0.29) is 12.0 Å². The molecule has 0 aromatic heterocycles. The molecule has 1 N–H and O–H groups in total. The molecule has 1 aromatic rings. The highest BCUT2D eigenvalue weighted by atomic mass is 16.5. The zero-order valence-electron chi connectivity index (χ0n) is 10.1. The number of carbonyl (C=O) groups excluding carboxylic acids is 1. The molecule has 0 aliphatic heterocycles. The molecule has 0 saturated heterocycles. The molecule has 0 fully saturated rings. The van der Waals surface area contributed by atoms with E-state index in [9.17, 15) is 4.79 Å². The van der Waals surface area contributed by atoms with Crippen LogP contribution in [0.15, 0.2) is 24.3 Å². The number of benzene rings is 1. The van der Waals surface area contributed by atoms with E-state index in [1.54, 1.807) is 0 Å². The maximum atomic E-state index is 11.5. The van der Waals surface area contributed by atoms with Crippen molar-refractivity contribution in [2.24, 2.45) is 0 Å². The fourth-order valence-electron chi connectivity index (χ4n) is 1.37. The molecular weight excluding hydrogens is 202 g/mol. The fraction of sp³-hybridized carbons (Fsp3) is 0.462. The Labute approximate surface area is 96.8 Å². The lowest BCUT2D eigenvalue weighted by Gasteiger charge is -2.14. The standard InChI is InChI=1S/C13H19NO2/c1-4-7-13(15)14-11-8-5-6-9-12(11)16-10(2)3/h5-6,8-10H,4,7H2,1-3H3,(H,14,15). The minimum atomic E-state index is 0.0299. The van der Waals surface area contributed by atoms with Crippen LogP contribution in [0.2, 0.25) is 0 Å². The van der Waals surface area contributed by atoms with Gasteiger partial charge < -0.3 is 10.1 Å². The van der Waals surface area contributed by atoms with Crippen molar-refractivity contribution in [1.29, 1.82) is 0 Å². The maximum absolute atomic E-state index is 11.5. The van der Waals surface area contributed by atoms with E-state index >= 15 is 0 Å². The van der Waals surface area contributed by atoms with E-state index in [0.717, 1.165) is 17.9 Å². The molecule has 0 saturated carbocycles. The average molecular weight is 221 g/mol. The zero-order chi connectivity index (χ0) is 12.0. The number of rotatable bonds is 5. The second-order valence-corrected chi connectivity index (χ2v) is 3.96. The molecule has 0 aliphatic rings. The number of carbonyl (C=O) groups is 1. The van der Waals surface area contributed by atoms with Gasteiger partial charge in [-0.05, 0) is 32.4 Å². The molecule has 0 unspecified atom stereocenters. The average Bonchev–Trinajstić information content (AvgIpc) is 2.20. The number of ether oxygens (including phenoxy) is 1. The van der Waals surface area contributed by atoms with Crippen LogP contribution in [0.5, 0.6) is 5.75 Å². The summed E-state index contributed by atoms with van der Waals surface area (Å²) in [5.74, 6) is 0.754. The van der Waals surface area contributed by atoms with Gasteiger partial charge in [0.2, 0.25) is 5.91 Å². The summed E-state index contributed by atoms with van der Waals surface area (Å²) in [5.41, 5.74) is 0.745. The van der Waals surface area contributed by atoms with Crippen molar-refractivity contribution in [3.8, 4) is 5.75 Å². The molecule has 1 aromatic carbocycles. The normalized spacial score (nSPS) is 10.2. The van der Waals surface area contributed by atoms with Gasteiger partial charge in [-0.15, -0.1) is 0 Å². The molecule has 0 atom stereocenters. The molecule has 0 spiro atoms. The number of hydrogen-bond donors (Lipinski definition) is 1. The summed E-state index contributed by atoms with van der Waals surface area (Å²) in [5, 5.41) is 2.85. The van der Waals surface area contributed by atoms with Gasteiger partial charge in [0.15, 0.2) is 0 Å². The van der Waals surface area contributed by atoms with Crippen LogP contribution in [0.4, 0.5) is 5.69 Å². The topological polar surface area (TPSA) is 38.3 Å². The van der Waals surface area contributed by atoms with Crippen LogP contribution < -0.4 is 10.1 Å². The molecular formula is C13H19NO2. The number of para-hydroxylation sites is 2. The lowest BCUT2D eigenvalue weighted by molar-refractivity contribution is -0.116. The Morgan fingerprint density at radius 2 is 2.06 bits per heavy atom. The van der Waals surface area contributed by atoms with Crippen LogP contribution in [0.25, 0.3) is 0 Å². The smallest absolute Gasteiger partial charge is 0.224 e. The number of amides is 1. The van der Waals surface area contributed by atoms with Gasteiger partial charge in [-0.25, -0.2) is 0 Å². The van der Waals surface area contributed by atoms with E-state index < -0.39 is 0 Å². The molecule has 0 bridgehead atoms. The summed E-state index contributed by atoms with van der Waals surface area (Å²) in [6.45, 7) is 5.91. The van der Waals surface area contributed by atoms with Crippen molar-refractivity contribution in [2.45, 2.75) is 39.7 Å². The third-order valence-electron chi connectivity index (χ3n) is 2.00. The Kier molecular flexibility index (Phi) is 4.83. The molecule has 88 valence electrons. The first-order chi connectivity index (χ1) is 7.63. The van der Waals surface area contributed by atoms with Gasteiger partial charge in [0.1, 0.15) is 5.75 Å². The van der Waals surface area contributed by atoms with Crippen molar-refractivity contribution in [1.82, 2.24) is 0 Å². The predicted octanol–water partition coefficient (Wildman–Crippen LogP) is 3.21. The van der Waals surface area contributed by atoms with Gasteiger partial charge >= 0.3 is 0 Å². The lowest BCUT2D eigenvalue weighted by Crippen LogP contribution is -2.13. The molecule has 0 aliphatic carbocycles. The molecule has 3 nitrogen and oxygen atoms in total. The van der Waals surface area contributed by atoms with Crippen LogP contribution in [0.3, 0.4) is 0 Å². The van der Waals surface area contributed by atoms with E-state index in [4.69, 9.17) is 4.74 Å². The summed E-state index contributed by atoms with van der Waals surface area (Å²) in [4.78, 5) is 11.5. The van der Waals surface area contributed by atoms with Gasteiger partial charge in [0.05, 0.1) is 11.8 Å². The first-order valence-corrected chi connectivity index (χ1v) is 5.69. The van der Waals surface area contributed by atoms with Crippen LogP contribution in [-0.2, 0) is 4.79 Å². The minimum absolute atomic E-state index is 0.0299. The molecule has 16 heavy (non-hydrogen) atoms. The highest BCUT2D eigenvalue weighted by Crippen LogP contribution is 2.24. The quantitative estimate of drug-likeness (QED) is 0.829. The van der Waals surface area contributed by atoms with E-state index in [1.807, 2.05) is 45.0 Å². The van der Waals surface area contributed by atoms with Gasteiger partial charge in [-0.1, -0.05) is 19.1 Å². The number of anilines is 1. The Bertz CT molecular complexity index is 348. The molecule has 0 heterocycles. The van der Waals surface area contributed by atoms with Crippen LogP contribution in [-0.4, -0.2) is 12.0 Å². The summed E-state index contributed by atoms with van der Waals surface area (Å²) >= 11 is 0. The van der Waals surface area contributed by atoms with Gasteiger partial charge in [-0.2, -0.15) is 0 Å². The summed E-state index contributed by atoms with van der Waals surface area (Å²) in [6, 6.07) is 7.49. The largest absolute Gasteiger partial charge is 0.489 e. The van der Waals surface area contributed by atoms with Crippen molar-refractivity contribution in [2.75, 3.05) is 5.32 Å². The summed E-state index contributed by atoms with van der Waals surface area (Å²) in [7, 11) is 0. The highest BCUT2D eigenvalue weighted by Gasteiger charge is 2.07. The van der Waals surface area contributed by atoms with E-state index in [0.29, 0.717) is 6.42 Å². The van der Waals surface area contributed by atoms with Crippen molar-refractivity contribution < 1.29 is 9.53 Å². The number of nitrogens with one attached hydrogen (secondary N) is 1. The molecule has 3 heteroatoms. The van der Waals surface area contributed by atoms with Crippen LogP contribution in [0, 0.1) is 0 Å². The van der Waals surface area contributed by atoms with Crippen molar-refractivity contribution in [3.05, 3.63) is 24.3 Å². The van der Waals surface area contributed by atoms with Crippen LogP contribution >= 0.6 is 0 Å². The minimum Gasteiger partial charge on any atom is -0.489 e. The predicted molar refractivity (Wildman–Crippen MR) is 65.7 cm³/mol. The van der Waals surface area contributed by atoms with E-state index in [1.165, 1.54) is 0 Å². The van der Waals surface area contributed by atoms with Crippen molar-refractivity contribution in [3.63, 3.8) is 0 Å². The van der Waals surface area contributed by atoms with Crippen molar-refractivity contribution >= 4 is 11.6 Å². The summed E-state index contributed by atoms with van der Waals surface area (Å²) < 4.78 is 5.61. The summed E-state index contributed by atoms with van der Waals surface area (Å²) in [6.07, 6.45) is 1.49. The maximum Gasteiger partial charge on any atom is 0.224 e. The van der Waals surface area contributed by atoms with Gasteiger partial charge in [0.25, 0.3) is 0 Å². The second-order valence-electron chi connectivity index (χ2n) is 3.96. The third kappa shape index (κ3) is 3.93. The number of hydrogen-bond acceptors (Lipinski definition) is 2. The van der Waals surface area contributed by atoms with Crippen LogP contribution in [0.1, 0.15) is 33.6 Å². The Morgan fingerprint density at radius 1 is 1.38 bits per heavy atom. The van der Waals surface area contributed by atoms with Gasteiger partial charge in [-0.3, -0.25) is 4.79 Å². The molecule has 1 amide bonds. The Hall–Kier alpha value is -1.51. The van der Waals surface area contributed by atoms with Gasteiger partial charge in [0, 0.05) is 6.42 Å².